The molecule has 98 valence electrons. The van der Waals surface area contributed by atoms with E-state index in [9.17, 15) is 4.79 Å². The van der Waals surface area contributed by atoms with Crippen LogP contribution in [0.25, 0.3) is 11.0 Å². The molecule has 4 nitrogen and oxygen atoms in total. The Morgan fingerprint density at radius 3 is 2.79 bits per heavy atom. The van der Waals surface area contributed by atoms with Crippen LogP contribution in [0.4, 0.5) is 5.95 Å². The summed E-state index contributed by atoms with van der Waals surface area (Å²) in [4.78, 5) is 23.9. The van der Waals surface area contributed by atoms with Gasteiger partial charge in [-0.2, -0.15) is 0 Å². The maximum absolute atomic E-state index is 11.7. The van der Waals surface area contributed by atoms with Crippen molar-refractivity contribution >= 4 is 28.5 Å². The highest BCUT2D eigenvalue weighted by Crippen LogP contribution is 2.32. The lowest BCUT2D eigenvalue weighted by Gasteiger charge is -2.28. The van der Waals surface area contributed by atoms with Gasteiger partial charge in [0.2, 0.25) is 5.95 Å². The molecule has 1 N–H and O–H groups in total. The van der Waals surface area contributed by atoms with Gasteiger partial charge in [0.1, 0.15) is 5.78 Å². The fourth-order valence-electron chi connectivity index (χ4n) is 2.72. The molecule has 2 aromatic rings. The fraction of sp³-hybridized carbons (Fsp3) is 0.400. The van der Waals surface area contributed by atoms with Crippen molar-refractivity contribution in [2.75, 3.05) is 0 Å². The number of hydrogen-bond acceptors (Lipinski definition) is 3. The third-order valence-corrected chi connectivity index (χ3v) is 3.40. The van der Waals surface area contributed by atoms with E-state index in [4.69, 9.17) is 0 Å². The van der Waals surface area contributed by atoms with E-state index >= 15 is 0 Å². The Morgan fingerprint density at radius 1 is 1.26 bits per heavy atom. The van der Waals surface area contributed by atoms with Gasteiger partial charge in [0.25, 0.3) is 0 Å². The minimum absolute atomic E-state index is 0.0141. The van der Waals surface area contributed by atoms with E-state index in [0.29, 0.717) is 18.8 Å². The second kappa shape index (κ2) is 4.30. The number of rotatable bonds is 1. The molecule has 0 bridgehead atoms. The number of fused-ring (bicyclic) bond motifs is 1. The Kier molecular flexibility index (Phi) is 2.73. The van der Waals surface area contributed by atoms with Crippen molar-refractivity contribution in [3.8, 4) is 0 Å². The van der Waals surface area contributed by atoms with Crippen LogP contribution in [0.2, 0.25) is 0 Å². The number of hydrogen-bond donors (Lipinski definition) is 1. The van der Waals surface area contributed by atoms with Gasteiger partial charge in [-0.3, -0.25) is 4.79 Å². The summed E-state index contributed by atoms with van der Waals surface area (Å²) in [5.41, 5.74) is 2.83. The van der Waals surface area contributed by atoms with Gasteiger partial charge in [-0.05, 0) is 24.0 Å². The SMILES string of the molecule is CC1(C)CC(=O)C/C(=N/c2nc3ccccc3[nH]2)C1. The van der Waals surface area contributed by atoms with Gasteiger partial charge in [-0.15, -0.1) is 0 Å². The maximum atomic E-state index is 11.7. The summed E-state index contributed by atoms with van der Waals surface area (Å²) in [7, 11) is 0. The predicted molar refractivity (Wildman–Crippen MR) is 75.8 cm³/mol. The lowest BCUT2D eigenvalue weighted by Crippen LogP contribution is -2.28. The monoisotopic (exact) mass is 255 g/mol. The third kappa shape index (κ3) is 2.57. The molecule has 19 heavy (non-hydrogen) atoms. The molecule has 0 saturated heterocycles. The number of para-hydroxylation sites is 2. The van der Waals surface area contributed by atoms with E-state index in [0.717, 1.165) is 23.2 Å². The highest BCUT2D eigenvalue weighted by molar-refractivity contribution is 6.05. The number of imidazole rings is 1. The van der Waals surface area contributed by atoms with Crippen LogP contribution >= 0.6 is 0 Å². The number of H-pyrrole nitrogens is 1. The average molecular weight is 255 g/mol. The molecule has 0 spiro atoms. The lowest BCUT2D eigenvalue weighted by atomic mass is 9.76. The van der Waals surface area contributed by atoms with Gasteiger partial charge in [0.15, 0.2) is 0 Å². The number of carbonyl (C=O) groups is 1. The van der Waals surface area contributed by atoms with Gasteiger partial charge >= 0.3 is 0 Å². The van der Waals surface area contributed by atoms with Gasteiger partial charge in [0.05, 0.1) is 11.0 Å². The standard InChI is InChI=1S/C15H17N3O/c1-15(2)8-10(7-11(19)9-15)16-14-17-12-5-3-4-6-13(12)18-14/h3-6H,7-9H2,1-2H3,(H,17,18)/b16-10-. The second-order valence-electron chi connectivity index (χ2n) is 5.99. The van der Waals surface area contributed by atoms with Gasteiger partial charge in [-0.25, -0.2) is 9.98 Å². The van der Waals surface area contributed by atoms with E-state index < -0.39 is 0 Å². The number of carbonyl (C=O) groups excluding carboxylic acids is 1. The van der Waals surface area contributed by atoms with Crippen molar-refractivity contribution < 1.29 is 4.79 Å². The van der Waals surface area contributed by atoms with Crippen LogP contribution < -0.4 is 0 Å². The molecule has 0 amide bonds. The Morgan fingerprint density at radius 2 is 2.05 bits per heavy atom. The molecule has 1 saturated carbocycles. The van der Waals surface area contributed by atoms with Crippen LogP contribution in [0, 0.1) is 5.41 Å². The molecule has 3 rings (SSSR count). The number of Topliss-reactive ketones (excluding diaryl/α,β-unsaturated/α-hetero) is 1. The molecule has 1 aromatic heterocycles. The van der Waals surface area contributed by atoms with Crippen LogP contribution in [0.1, 0.15) is 33.1 Å². The first-order valence-corrected chi connectivity index (χ1v) is 6.55. The zero-order valence-electron chi connectivity index (χ0n) is 11.2. The van der Waals surface area contributed by atoms with E-state index in [1.165, 1.54) is 0 Å². The molecule has 0 aliphatic heterocycles. The number of benzene rings is 1. The third-order valence-electron chi connectivity index (χ3n) is 3.40. The fourth-order valence-corrected chi connectivity index (χ4v) is 2.72. The Balaban J connectivity index is 1.94. The van der Waals surface area contributed by atoms with Crippen LogP contribution in [0.3, 0.4) is 0 Å². The minimum atomic E-state index is 0.0141. The molecule has 0 radical (unpaired) electrons. The summed E-state index contributed by atoms with van der Waals surface area (Å²) in [6, 6.07) is 7.84. The maximum Gasteiger partial charge on any atom is 0.227 e. The van der Waals surface area contributed by atoms with Crippen molar-refractivity contribution in [2.24, 2.45) is 10.4 Å². The van der Waals surface area contributed by atoms with Gasteiger partial charge in [-0.1, -0.05) is 26.0 Å². The van der Waals surface area contributed by atoms with Gasteiger partial charge in [0, 0.05) is 18.6 Å². The number of aromatic amines is 1. The largest absolute Gasteiger partial charge is 0.322 e. The van der Waals surface area contributed by atoms with Crippen molar-refractivity contribution in [1.29, 1.82) is 0 Å². The summed E-state index contributed by atoms with van der Waals surface area (Å²) in [6.45, 7) is 4.22. The minimum Gasteiger partial charge on any atom is -0.322 e. The first kappa shape index (κ1) is 12.1. The number of nitrogens with zero attached hydrogens (tertiary/aromatic N) is 2. The number of aliphatic imine (C=N–C) groups is 1. The summed E-state index contributed by atoms with van der Waals surface area (Å²) in [6.07, 6.45) is 1.96. The van der Waals surface area contributed by atoms with E-state index in [1.54, 1.807) is 0 Å². The normalized spacial score (nSPS) is 21.2. The molecule has 1 fully saturated rings. The van der Waals surface area contributed by atoms with E-state index in [-0.39, 0.29) is 11.2 Å². The van der Waals surface area contributed by atoms with Crippen molar-refractivity contribution in [3.63, 3.8) is 0 Å². The topological polar surface area (TPSA) is 58.1 Å². The molecule has 1 aliphatic rings. The molecule has 1 aliphatic carbocycles. The van der Waals surface area contributed by atoms with Crippen LogP contribution in [0.5, 0.6) is 0 Å². The highest BCUT2D eigenvalue weighted by atomic mass is 16.1. The predicted octanol–water partition coefficient (Wildman–Crippen LogP) is 3.41. The Labute approximate surface area is 112 Å². The lowest BCUT2D eigenvalue weighted by molar-refractivity contribution is -0.120. The first-order valence-electron chi connectivity index (χ1n) is 6.55. The van der Waals surface area contributed by atoms with Crippen molar-refractivity contribution in [2.45, 2.75) is 33.1 Å². The van der Waals surface area contributed by atoms with E-state index in [2.05, 4.69) is 28.8 Å². The number of aromatic nitrogens is 2. The summed E-state index contributed by atoms with van der Waals surface area (Å²) in [5, 5.41) is 0. The van der Waals surface area contributed by atoms with Crippen molar-refractivity contribution in [1.82, 2.24) is 9.97 Å². The van der Waals surface area contributed by atoms with Crippen molar-refractivity contribution in [3.05, 3.63) is 24.3 Å². The Hall–Kier alpha value is -1.97. The molecule has 0 unspecified atom stereocenters. The quantitative estimate of drug-likeness (QED) is 0.848. The highest BCUT2D eigenvalue weighted by Gasteiger charge is 2.30. The summed E-state index contributed by atoms with van der Waals surface area (Å²) < 4.78 is 0. The van der Waals surface area contributed by atoms with Crippen LogP contribution in [-0.2, 0) is 4.79 Å². The molecule has 1 heterocycles. The molecule has 4 heteroatoms. The summed E-state index contributed by atoms with van der Waals surface area (Å²) >= 11 is 0. The smallest absolute Gasteiger partial charge is 0.227 e. The summed E-state index contributed by atoms with van der Waals surface area (Å²) in [5.74, 6) is 0.868. The molecule has 1 aromatic carbocycles. The average Bonchev–Trinajstić information content (AvgIpc) is 2.67. The second-order valence-corrected chi connectivity index (χ2v) is 5.99. The zero-order chi connectivity index (χ0) is 13.5. The van der Waals surface area contributed by atoms with E-state index in [1.807, 2.05) is 24.3 Å². The van der Waals surface area contributed by atoms with Gasteiger partial charge < -0.3 is 4.98 Å². The Bertz CT molecular complexity index is 634. The molecule has 0 atom stereocenters. The number of ketones is 1. The van der Waals surface area contributed by atoms with Crippen LogP contribution in [-0.4, -0.2) is 21.5 Å². The van der Waals surface area contributed by atoms with Crippen LogP contribution in [0.15, 0.2) is 29.3 Å². The zero-order valence-corrected chi connectivity index (χ0v) is 11.2. The first-order chi connectivity index (χ1) is 9.02. The number of nitrogens with one attached hydrogen (secondary N) is 1. The molecular formula is C15H17N3O. The molecular weight excluding hydrogens is 238 g/mol.